The SMILES string of the molecule is CCc1ccc(S(=O)(=O)N(CCOC)Cc2cccnc2)cc1. The molecule has 0 spiro atoms. The van der Waals surface area contributed by atoms with Crippen molar-refractivity contribution in [3.8, 4) is 0 Å². The molecule has 0 aliphatic heterocycles. The molecule has 124 valence electrons. The van der Waals surface area contributed by atoms with E-state index in [-0.39, 0.29) is 6.54 Å². The van der Waals surface area contributed by atoms with Gasteiger partial charge in [0, 0.05) is 32.6 Å². The number of benzene rings is 1. The Morgan fingerprint density at radius 3 is 2.43 bits per heavy atom. The summed E-state index contributed by atoms with van der Waals surface area (Å²) in [6.07, 6.45) is 4.22. The van der Waals surface area contributed by atoms with E-state index < -0.39 is 10.0 Å². The van der Waals surface area contributed by atoms with Crippen LogP contribution in [0.3, 0.4) is 0 Å². The molecule has 0 radical (unpaired) electrons. The summed E-state index contributed by atoms with van der Waals surface area (Å²) in [5, 5.41) is 0. The number of pyridine rings is 1. The molecule has 1 heterocycles. The van der Waals surface area contributed by atoms with Crippen molar-refractivity contribution < 1.29 is 13.2 Å². The van der Waals surface area contributed by atoms with Crippen LogP contribution in [-0.4, -0.2) is 38.0 Å². The van der Waals surface area contributed by atoms with Gasteiger partial charge in [-0.15, -0.1) is 0 Å². The molecular formula is C17H22N2O3S. The van der Waals surface area contributed by atoms with Crippen molar-refractivity contribution in [3.05, 3.63) is 59.9 Å². The maximum atomic E-state index is 12.9. The zero-order chi connectivity index (χ0) is 16.7. The Kier molecular flexibility index (Phi) is 6.27. The summed E-state index contributed by atoms with van der Waals surface area (Å²) in [4.78, 5) is 4.34. The summed E-state index contributed by atoms with van der Waals surface area (Å²) in [5.74, 6) is 0. The van der Waals surface area contributed by atoms with E-state index in [1.54, 1.807) is 37.7 Å². The molecule has 0 N–H and O–H groups in total. The van der Waals surface area contributed by atoms with Crippen molar-refractivity contribution in [3.63, 3.8) is 0 Å². The number of nitrogens with zero attached hydrogens (tertiary/aromatic N) is 2. The Bertz CT molecular complexity index is 700. The minimum Gasteiger partial charge on any atom is -0.383 e. The highest BCUT2D eigenvalue weighted by Gasteiger charge is 2.24. The molecule has 0 aliphatic rings. The van der Waals surface area contributed by atoms with Crippen LogP contribution >= 0.6 is 0 Å². The second kappa shape index (κ2) is 8.19. The van der Waals surface area contributed by atoms with Gasteiger partial charge in [0.1, 0.15) is 0 Å². The topological polar surface area (TPSA) is 59.5 Å². The second-order valence-corrected chi connectivity index (χ2v) is 7.13. The number of aryl methyl sites for hydroxylation is 1. The zero-order valence-corrected chi connectivity index (χ0v) is 14.3. The first-order valence-corrected chi connectivity index (χ1v) is 8.99. The van der Waals surface area contributed by atoms with E-state index >= 15 is 0 Å². The maximum Gasteiger partial charge on any atom is 0.243 e. The van der Waals surface area contributed by atoms with E-state index in [1.165, 1.54) is 4.31 Å². The van der Waals surface area contributed by atoms with E-state index in [2.05, 4.69) is 4.98 Å². The fraction of sp³-hybridized carbons (Fsp3) is 0.353. The van der Waals surface area contributed by atoms with E-state index in [9.17, 15) is 8.42 Å². The lowest BCUT2D eigenvalue weighted by atomic mass is 10.2. The van der Waals surface area contributed by atoms with Crippen LogP contribution in [0, 0.1) is 0 Å². The third kappa shape index (κ3) is 4.60. The van der Waals surface area contributed by atoms with Gasteiger partial charge in [-0.05, 0) is 35.7 Å². The third-order valence-electron chi connectivity index (χ3n) is 3.60. The predicted molar refractivity (Wildman–Crippen MR) is 89.5 cm³/mol. The van der Waals surface area contributed by atoms with Crippen molar-refractivity contribution in [2.75, 3.05) is 20.3 Å². The molecule has 23 heavy (non-hydrogen) atoms. The molecule has 0 aliphatic carbocycles. The third-order valence-corrected chi connectivity index (χ3v) is 5.46. The van der Waals surface area contributed by atoms with E-state index in [0.29, 0.717) is 18.0 Å². The largest absolute Gasteiger partial charge is 0.383 e. The molecule has 2 rings (SSSR count). The van der Waals surface area contributed by atoms with Crippen LogP contribution in [0.25, 0.3) is 0 Å². The van der Waals surface area contributed by atoms with Crippen LogP contribution in [0.2, 0.25) is 0 Å². The van der Waals surface area contributed by atoms with Crippen LogP contribution in [0.15, 0.2) is 53.7 Å². The van der Waals surface area contributed by atoms with E-state index in [1.807, 2.05) is 25.1 Å². The first-order chi connectivity index (χ1) is 11.1. The van der Waals surface area contributed by atoms with Crippen LogP contribution < -0.4 is 0 Å². The van der Waals surface area contributed by atoms with Crippen LogP contribution in [0.4, 0.5) is 0 Å². The van der Waals surface area contributed by atoms with Crippen molar-refractivity contribution in [2.24, 2.45) is 0 Å². The number of hydrogen-bond acceptors (Lipinski definition) is 4. The summed E-state index contributed by atoms with van der Waals surface area (Å²) in [6, 6.07) is 10.7. The van der Waals surface area contributed by atoms with Crippen molar-refractivity contribution in [1.29, 1.82) is 0 Å². The second-order valence-electron chi connectivity index (χ2n) is 5.19. The molecule has 0 amide bonds. The van der Waals surface area contributed by atoms with Gasteiger partial charge >= 0.3 is 0 Å². The first-order valence-electron chi connectivity index (χ1n) is 7.55. The molecule has 0 bridgehead atoms. The molecule has 0 atom stereocenters. The van der Waals surface area contributed by atoms with Crippen LogP contribution in [0.5, 0.6) is 0 Å². The van der Waals surface area contributed by atoms with Gasteiger partial charge in [-0.1, -0.05) is 25.1 Å². The van der Waals surface area contributed by atoms with Gasteiger partial charge in [-0.25, -0.2) is 8.42 Å². The minimum absolute atomic E-state index is 0.273. The van der Waals surface area contributed by atoms with Gasteiger partial charge in [0.15, 0.2) is 0 Å². The Morgan fingerprint density at radius 2 is 1.87 bits per heavy atom. The zero-order valence-electron chi connectivity index (χ0n) is 13.5. The molecule has 6 heteroatoms. The monoisotopic (exact) mass is 334 g/mol. The fourth-order valence-electron chi connectivity index (χ4n) is 2.22. The maximum absolute atomic E-state index is 12.9. The van der Waals surface area contributed by atoms with Crippen molar-refractivity contribution >= 4 is 10.0 Å². The van der Waals surface area contributed by atoms with Gasteiger partial charge in [0.05, 0.1) is 11.5 Å². The molecule has 2 aromatic rings. The molecule has 0 saturated carbocycles. The molecule has 0 fully saturated rings. The highest BCUT2D eigenvalue weighted by Crippen LogP contribution is 2.19. The standard InChI is InChI=1S/C17H22N2O3S/c1-3-15-6-8-17(9-7-15)23(20,21)19(11-12-22-2)14-16-5-4-10-18-13-16/h4-10,13H,3,11-12,14H2,1-2H3. The number of ether oxygens (including phenoxy) is 1. The number of hydrogen-bond donors (Lipinski definition) is 0. The molecular weight excluding hydrogens is 312 g/mol. The number of methoxy groups -OCH3 is 1. The quantitative estimate of drug-likeness (QED) is 0.744. The average Bonchev–Trinajstić information content (AvgIpc) is 2.59. The average molecular weight is 334 g/mol. The van der Waals surface area contributed by atoms with Gasteiger partial charge in [0.2, 0.25) is 10.0 Å². The highest BCUT2D eigenvalue weighted by atomic mass is 32.2. The lowest BCUT2D eigenvalue weighted by Crippen LogP contribution is -2.33. The van der Waals surface area contributed by atoms with E-state index in [0.717, 1.165) is 17.5 Å². The summed E-state index contributed by atoms with van der Waals surface area (Å²) in [7, 11) is -2.01. The van der Waals surface area contributed by atoms with Gasteiger partial charge in [-0.3, -0.25) is 4.98 Å². The summed E-state index contributed by atoms with van der Waals surface area (Å²) in [5.41, 5.74) is 1.96. The number of sulfonamides is 1. The van der Waals surface area contributed by atoms with Crippen molar-refractivity contribution in [1.82, 2.24) is 9.29 Å². The summed E-state index contributed by atoms with van der Waals surface area (Å²) < 4.78 is 32.3. The highest BCUT2D eigenvalue weighted by molar-refractivity contribution is 7.89. The Hall–Kier alpha value is -1.76. The van der Waals surface area contributed by atoms with Crippen LogP contribution in [0.1, 0.15) is 18.1 Å². The normalized spacial score (nSPS) is 11.8. The van der Waals surface area contributed by atoms with Crippen LogP contribution in [-0.2, 0) is 27.7 Å². The Labute approximate surface area is 138 Å². The predicted octanol–water partition coefficient (Wildman–Crippen LogP) is 2.48. The molecule has 0 unspecified atom stereocenters. The van der Waals surface area contributed by atoms with E-state index in [4.69, 9.17) is 4.74 Å². The number of aromatic nitrogens is 1. The molecule has 0 saturated heterocycles. The lowest BCUT2D eigenvalue weighted by Gasteiger charge is -2.22. The van der Waals surface area contributed by atoms with Gasteiger partial charge < -0.3 is 4.74 Å². The smallest absolute Gasteiger partial charge is 0.243 e. The molecule has 5 nitrogen and oxygen atoms in total. The lowest BCUT2D eigenvalue weighted by molar-refractivity contribution is 0.177. The molecule has 1 aromatic heterocycles. The molecule has 1 aromatic carbocycles. The van der Waals surface area contributed by atoms with Gasteiger partial charge in [-0.2, -0.15) is 4.31 Å². The van der Waals surface area contributed by atoms with Crippen molar-refractivity contribution in [2.45, 2.75) is 24.8 Å². The number of rotatable bonds is 8. The Morgan fingerprint density at radius 1 is 1.13 bits per heavy atom. The summed E-state index contributed by atoms with van der Waals surface area (Å²) >= 11 is 0. The Balaban J connectivity index is 2.27. The first kappa shape index (κ1) is 17.6. The summed E-state index contributed by atoms with van der Waals surface area (Å²) in [6.45, 7) is 2.95. The van der Waals surface area contributed by atoms with Gasteiger partial charge in [0.25, 0.3) is 0 Å². The fourth-order valence-corrected chi connectivity index (χ4v) is 3.63. The minimum atomic E-state index is -3.57.